The highest BCUT2D eigenvalue weighted by Gasteiger charge is 2.09. The highest BCUT2D eigenvalue weighted by Crippen LogP contribution is 2.24. The number of rotatable bonds is 4. The second-order valence-corrected chi connectivity index (χ2v) is 5.76. The van der Waals surface area contributed by atoms with Crippen LogP contribution in [0.1, 0.15) is 18.1 Å². The van der Waals surface area contributed by atoms with Gasteiger partial charge in [-0.15, -0.1) is 0 Å². The summed E-state index contributed by atoms with van der Waals surface area (Å²) in [6.07, 6.45) is 2.36. The first-order chi connectivity index (χ1) is 12.2. The van der Waals surface area contributed by atoms with Crippen LogP contribution in [0.5, 0.6) is 5.88 Å². The Balaban J connectivity index is 1.72. The van der Waals surface area contributed by atoms with Gasteiger partial charge in [0.25, 0.3) is 0 Å². The Morgan fingerprint density at radius 1 is 1.04 bits per heavy atom. The summed E-state index contributed by atoms with van der Waals surface area (Å²) >= 11 is 0. The zero-order valence-electron chi connectivity index (χ0n) is 13.7. The largest absolute Gasteiger partial charge is 0.472 e. The third-order valence-corrected chi connectivity index (χ3v) is 4.17. The quantitative estimate of drug-likeness (QED) is 0.531. The van der Waals surface area contributed by atoms with Crippen molar-refractivity contribution in [3.8, 4) is 5.88 Å². The highest BCUT2D eigenvalue weighted by atomic mass is 16.5. The van der Waals surface area contributed by atoms with Crippen molar-refractivity contribution in [3.63, 3.8) is 0 Å². The van der Waals surface area contributed by atoms with Crippen molar-refractivity contribution in [2.24, 2.45) is 0 Å². The fourth-order valence-corrected chi connectivity index (χ4v) is 2.85. The summed E-state index contributed by atoms with van der Waals surface area (Å²) in [5, 5.41) is 1.71. The summed E-state index contributed by atoms with van der Waals surface area (Å²) in [6, 6.07) is 15.0. The van der Waals surface area contributed by atoms with Crippen LogP contribution in [0.3, 0.4) is 0 Å². The molecule has 5 heteroatoms. The molecule has 25 heavy (non-hydrogen) atoms. The average Bonchev–Trinajstić information content (AvgIpc) is 2.65. The Morgan fingerprint density at radius 2 is 1.92 bits per heavy atom. The molecule has 2 heterocycles. The van der Waals surface area contributed by atoms with E-state index in [1.165, 1.54) is 12.4 Å². The van der Waals surface area contributed by atoms with Gasteiger partial charge < -0.3 is 9.15 Å². The lowest BCUT2D eigenvalue weighted by atomic mass is 10.1. The lowest BCUT2D eigenvalue weighted by molar-refractivity contribution is 0.298. The number of hydrogen-bond donors (Lipinski definition) is 0. The molecule has 5 nitrogen and oxygen atoms in total. The van der Waals surface area contributed by atoms with E-state index < -0.39 is 0 Å². The Bertz CT molecular complexity index is 1110. The topological polar surface area (TPSA) is 65.2 Å². The molecule has 0 fully saturated rings. The minimum absolute atomic E-state index is 0.231. The third-order valence-electron chi connectivity index (χ3n) is 4.17. The van der Waals surface area contributed by atoms with Crippen molar-refractivity contribution in [1.82, 2.24) is 9.97 Å². The smallest absolute Gasteiger partial charge is 0.336 e. The SMILES string of the molecule is CCc1ccc2c(COc3ncnc4ccccc34)cc(=O)oc2c1. The molecule has 124 valence electrons. The highest BCUT2D eigenvalue weighted by molar-refractivity contribution is 5.83. The van der Waals surface area contributed by atoms with Crippen LogP contribution in [0.25, 0.3) is 21.9 Å². The van der Waals surface area contributed by atoms with Crippen LogP contribution in [0.4, 0.5) is 0 Å². The number of para-hydroxylation sites is 1. The standard InChI is InChI=1S/C20H16N2O3/c1-2-13-7-8-15-14(10-19(23)25-18(15)9-13)11-24-20-16-5-3-4-6-17(16)21-12-22-20/h3-10,12H,2,11H2,1H3. The molecule has 0 unspecified atom stereocenters. The van der Waals surface area contributed by atoms with Crippen LogP contribution < -0.4 is 10.4 Å². The molecule has 0 radical (unpaired) electrons. The fraction of sp³-hybridized carbons (Fsp3) is 0.150. The van der Waals surface area contributed by atoms with Gasteiger partial charge in [-0.2, -0.15) is 0 Å². The lowest BCUT2D eigenvalue weighted by Crippen LogP contribution is -2.05. The molecule has 0 saturated carbocycles. The predicted octanol–water partition coefficient (Wildman–Crippen LogP) is 3.88. The molecular weight excluding hydrogens is 316 g/mol. The molecule has 0 atom stereocenters. The van der Waals surface area contributed by atoms with Crippen molar-refractivity contribution < 1.29 is 9.15 Å². The van der Waals surface area contributed by atoms with Gasteiger partial charge in [0.2, 0.25) is 5.88 Å². The first kappa shape index (κ1) is 15.3. The summed E-state index contributed by atoms with van der Waals surface area (Å²) in [7, 11) is 0. The third kappa shape index (κ3) is 2.96. The van der Waals surface area contributed by atoms with E-state index in [1.54, 1.807) is 0 Å². The van der Waals surface area contributed by atoms with Gasteiger partial charge in [0.1, 0.15) is 18.5 Å². The van der Waals surface area contributed by atoms with Gasteiger partial charge in [-0.3, -0.25) is 0 Å². The monoisotopic (exact) mass is 332 g/mol. The van der Waals surface area contributed by atoms with Crippen molar-refractivity contribution in [2.45, 2.75) is 20.0 Å². The molecule has 0 N–H and O–H groups in total. The van der Waals surface area contributed by atoms with Crippen LogP contribution in [0, 0.1) is 0 Å². The summed E-state index contributed by atoms with van der Waals surface area (Å²) in [5.41, 5.74) is 2.91. The van der Waals surface area contributed by atoms with Gasteiger partial charge in [0.05, 0.1) is 10.9 Å². The number of aryl methyl sites for hydroxylation is 1. The Kier molecular flexibility index (Phi) is 3.90. The molecule has 0 saturated heterocycles. The van der Waals surface area contributed by atoms with E-state index in [-0.39, 0.29) is 12.2 Å². The van der Waals surface area contributed by atoms with E-state index in [9.17, 15) is 4.79 Å². The molecule has 4 rings (SSSR count). The molecule has 0 spiro atoms. The van der Waals surface area contributed by atoms with Crippen molar-refractivity contribution in [3.05, 3.63) is 76.4 Å². The zero-order chi connectivity index (χ0) is 17.2. The molecule has 2 aromatic carbocycles. The van der Waals surface area contributed by atoms with Crippen molar-refractivity contribution in [2.75, 3.05) is 0 Å². The molecule has 4 aromatic rings. The molecule has 0 aliphatic heterocycles. The maximum atomic E-state index is 11.9. The summed E-state index contributed by atoms with van der Waals surface area (Å²) < 4.78 is 11.2. The molecule has 0 amide bonds. The first-order valence-electron chi connectivity index (χ1n) is 8.13. The van der Waals surface area contributed by atoms with Gasteiger partial charge in [-0.25, -0.2) is 14.8 Å². The van der Waals surface area contributed by atoms with Crippen molar-refractivity contribution >= 4 is 21.9 Å². The van der Waals surface area contributed by atoms with Gasteiger partial charge in [-0.05, 0) is 30.2 Å². The molecular formula is C20H16N2O3. The molecule has 2 aromatic heterocycles. The van der Waals surface area contributed by atoms with E-state index in [2.05, 4.69) is 16.9 Å². The number of nitrogens with zero attached hydrogens (tertiary/aromatic N) is 2. The van der Waals surface area contributed by atoms with Crippen LogP contribution in [-0.2, 0) is 13.0 Å². The van der Waals surface area contributed by atoms with Crippen LogP contribution in [0.15, 0.2) is 64.1 Å². The summed E-state index contributed by atoms with van der Waals surface area (Å²) in [6.45, 7) is 2.29. The van der Waals surface area contributed by atoms with E-state index in [1.807, 2.05) is 42.5 Å². The molecule has 0 aliphatic carbocycles. The van der Waals surface area contributed by atoms with Crippen LogP contribution in [0.2, 0.25) is 0 Å². The summed E-state index contributed by atoms with van der Waals surface area (Å²) in [5.74, 6) is 0.497. The minimum Gasteiger partial charge on any atom is -0.472 e. The maximum Gasteiger partial charge on any atom is 0.336 e. The Labute approximate surface area is 143 Å². The lowest BCUT2D eigenvalue weighted by Gasteiger charge is -2.09. The van der Waals surface area contributed by atoms with E-state index in [0.29, 0.717) is 11.5 Å². The van der Waals surface area contributed by atoms with Crippen LogP contribution in [-0.4, -0.2) is 9.97 Å². The second kappa shape index (κ2) is 6.36. The Morgan fingerprint density at radius 3 is 2.80 bits per heavy atom. The Hall–Kier alpha value is -3.21. The van der Waals surface area contributed by atoms with E-state index in [4.69, 9.17) is 9.15 Å². The number of fused-ring (bicyclic) bond motifs is 2. The zero-order valence-corrected chi connectivity index (χ0v) is 13.7. The number of hydrogen-bond acceptors (Lipinski definition) is 5. The first-order valence-corrected chi connectivity index (χ1v) is 8.13. The second-order valence-electron chi connectivity index (χ2n) is 5.76. The molecule has 0 aliphatic rings. The number of benzene rings is 2. The van der Waals surface area contributed by atoms with Gasteiger partial charge in [0.15, 0.2) is 0 Å². The number of aromatic nitrogens is 2. The van der Waals surface area contributed by atoms with Crippen molar-refractivity contribution in [1.29, 1.82) is 0 Å². The fourth-order valence-electron chi connectivity index (χ4n) is 2.85. The van der Waals surface area contributed by atoms with Crippen LogP contribution >= 0.6 is 0 Å². The number of ether oxygens (including phenoxy) is 1. The minimum atomic E-state index is -0.383. The van der Waals surface area contributed by atoms with E-state index in [0.717, 1.165) is 33.8 Å². The van der Waals surface area contributed by atoms with E-state index >= 15 is 0 Å². The maximum absolute atomic E-state index is 11.9. The molecule has 0 bridgehead atoms. The van der Waals surface area contributed by atoms with Gasteiger partial charge in [-0.1, -0.05) is 31.2 Å². The average molecular weight is 332 g/mol. The van der Waals surface area contributed by atoms with Gasteiger partial charge in [0, 0.05) is 17.0 Å². The summed E-state index contributed by atoms with van der Waals surface area (Å²) in [4.78, 5) is 20.3. The normalized spacial score (nSPS) is 11.1. The van der Waals surface area contributed by atoms with Gasteiger partial charge >= 0.3 is 5.63 Å². The predicted molar refractivity (Wildman–Crippen MR) is 95.7 cm³/mol.